The van der Waals surface area contributed by atoms with Gasteiger partial charge in [-0.1, -0.05) is 18.0 Å². The van der Waals surface area contributed by atoms with E-state index in [2.05, 4.69) is 10.1 Å². The number of hydrogen-bond acceptors (Lipinski definition) is 5. The zero-order valence-corrected chi connectivity index (χ0v) is 17.6. The molecule has 2 unspecified atom stereocenters. The van der Waals surface area contributed by atoms with Crippen molar-refractivity contribution in [3.8, 4) is 11.5 Å². The molecule has 6 heteroatoms. The Kier molecular flexibility index (Phi) is 5.79. The monoisotopic (exact) mass is 398 g/mol. The average Bonchev–Trinajstić information content (AvgIpc) is 3.08. The second-order valence-corrected chi connectivity index (χ2v) is 8.21. The number of nitrogens with zero attached hydrogens (tertiary/aromatic N) is 2. The first-order valence-electron chi connectivity index (χ1n) is 10.6. The first kappa shape index (κ1) is 19.8. The van der Waals surface area contributed by atoms with Gasteiger partial charge < -0.3 is 18.9 Å². The van der Waals surface area contributed by atoms with Crippen LogP contribution < -0.4 is 9.47 Å². The maximum atomic E-state index is 13.3. The summed E-state index contributed by atoms with van der Waals surface area (Å²) in [4.78, 5) is 15.4. The van der Waals surface area contributed by atoms with Crippen LogP contribution in [0.1, 0.15) is 65.9 Å². The van der Waals surface area contributed by atoms with E-state index in [0.29, 0.717) is 35.6 Å². The minimum absolute atomic E-state index is 0.108. The van der Waals surface area contributed by atoms with Gasteiger partial charge in [-0.25, -0.2) is 0 Å². The summed E-state index contributed by atoms with van der Waals surface area (Å²) < 4.78 is 16.7. The van der Waals surface area contributed by atoms with Gasteiger partial charge in [-0.15, -0.1) is 0 Å². The smallest absolute Gasteiger partial charge is 0.254 e. The van der Waals surface area contributed by atoms with Crippen molar-refractivity contribution in [1.29, 1.82) is 0 Å². The number of benzene rings is 1. The van der Waals surface area contributed by atoms with Crippen molar-refractivity contribution in [1.82, 2.24) is 10.1 Å². The van der Waals surface area contributed by atoms with Crippen LogP contribution in [-0.4, -0.2) is 35.7 Å². The van der Waals surface area contributed by atoms with Crippen LogP contribution in [0.4, 0.5) is 0 Å². The Labute approximate surface area is 172 Å². The molecule has 2 aliphatic rings. The number of ether oxygens (including phenoxy) is 2. The van der Waals surface area contributed by atoms with Gasteiger partial charge >= 0.3 is 0 Å². The molecular weight excluding hydrogens is 368 g/mol. The third-order valence-corrected chi connectivity index (χ3v) is 6.47. The number of aryl methyl sites for hydroxylation is 2. The highest BCUT2D eigenvalue weighted by Gasteiger charge is 2.36. The maximum Gasteiger partial charge on any atom is 0.254 e. The summed E-state index contributed by atoms with van der Waals surface area (Å²) in [6.07, 6.45) is 7.27. The lowest BCUT2D eigenvalue weighted by atomic mass is 9.78. The second-order valence-electron chi connectivity index (χ2n) is 8.21. The topological polar surface area (TPSA) is 64.8 Å². The first-order valence-corrected chi connectivity index (χ1v) is 10.6. The number of aromatic nitrogens is 1. The lowest BCUT2D eigenvalue weighted by molar-refractivity contribution is 0.0390. The van der Waals surface area contributed by atoms with Gasteiger partial charge in [0.25, 0.3) is 5.91 Å². The van der Waals surface area contributed by atoms with Crippen LogP contribution in [0.2, 0.25) is 0 Å². The quantitative estimate of drug-likeness (QED) is 0.732. The number of amides is 1. The molecular formula is C23H30N2O4. The number of hydrogen-bond donors (Lipinski definition) is 0. The summed E-state index contributed by atoms with van der Waals surface area (Å²) in [5.41, 5.74) is 2.42. The number of methoxy groups -OCH3 is 1. The molecule has 0 bridgehead atoms. The van der Waals surface area contributed by atoms with Crippen molar-refractivity contribution in [3.63, 3.8) is 0 Å². The fraction of sp³-hybridized carbons (Fsp3) is 0.565. The van der Waals surface area contributed by atoms with Gasteiger partial charge in [0, 0.05) is 18.2 Å². The van der Waals surface area contributed by atoms with E-state index in [9.17, 15) is 4.79 Å². The van der Waals surface area contributed by atoms with Crippen LogP contribution in [0.15, 0.2) is 22.7 Å². The summed E-state index contributed by atoms with van der Waals surface area (Å²) in [6.45, 7) is 4.97. The molecule has 0 spiro atoms. The van der Waals surface area contributed by atoms with Crippen LogP contribution in [-0.2, 0) is 6.61 Å². The van der Waals surface area contributed by atoms with Crippen molar-refractivity contribution in [2.45, 2.75) is 65.0 Å². The number of rotatable bonds is 5. The molecule has 156 valence electrons. The Bertz CT molecular complexity index is 854. The Hall–Kier alpha value is -2.50. The molecule has 1 aliphatic heterocycles. The second kappa shape index (κ2) is 8.47. The average molecular weight is 399 g/mol. The van der Waals surface area contributed by atoms with Gasteiger partial charge in [0.1, 0.15) is 12.4 Å². The predicted molar refractivity (Wildman–Crippen MR) is 109 cm³/mol. The molecule has 1 saturated heterocycles. The lowest BCUT2D eigenvalue weighted by Crippen LogP contribution is -2.49. The maximum absolute atomic E-state index is 13.3. The van der Waals surface area contributed by atoms with Crippen molar-refractivity contribution < 1.29 is 18.8 Å². The standard InChI is InChI=1S/C23H30N2O4/c1-15-19(16(2)29-24-15)14-28-21-11-10-18(13-22(21)27-3)23(26)25-12-6-8-17-7-4-5-9-20(17)25/h10-11,13,17,20H,4-9,12,14H2,1-3H3. The molecule has 29 heavy (non-hydrogen) atoms. The molecule has 1 aliphatic carbocycles. The van der Waals surface area contributed by atoms with Gasteiger partial charge in [0.15, 0.2) is 11.5 Å². The molecule has 6 nitrogen and oxygen atoms in total. The minimum atomic E-state index is 0.108. The van der Waals surface area contributed by atoms with Gasteiger partial charge in [-0.3, -0.25) is 4.79 Å². The van der Waals surface area contributed by atoms with Crippen LogP contribution >= 0.6 is 0 Å². The molecule has 4 rings (SSSR count). The van der Waals surface area contributed by atoms with Crippen molar-refractivity contribution in [2.24, 2.45) is 5.92 Å². The summed E-state index contributed by atoms with van der Waals surface area (Å²) >= 11 is 0. The highest BCUT2D eigenvalue weighted by molar-refractivity contribution is 5.95. The number of likely N-dealkylation sites (tertiary alicyclic amines) is 1. The largest absolute Gasteiger partial charge is 0.493 e. The normalized spacial score (nSPS) is 21.6. The van der Waals surface area contributed by atoms with E-state index in [4.69, 9.17) is 14.0 Å². The number of carbonyl (C=O) groups is 1. The zero-order chi connectivity index (χ0) is 20.4. The van der Waals surface area contributed by atoms with Crippen molar-refractivity contribution in [3.05, 3.63) is 40.8 Å². The molecule has 2 atom stereocenters. The van der Waals surface area contributed by atoms with E-state index in [1.807, 2.05) is 26.0 Å². The van der Waals surface area contributed by atoms with E-state index >= 15 is 0 Å². The van der Waals surface area contributed by atoms with E-state index in [0.717, 1.165) is 36.4 Å². The summed E-state index contributed by atoms with van der Waals surface area (Å²) in [5.74, 6) is 2.71. The Balaban J connectivity index is 1.50. The van der Waals surface area contributed by atoms with Gasteiger partial charge in [-0.05, 0) is 63.6 Å². The summed E-state index contributed by atoms with van der Waals surface area (Å²) in [5, 5.41) is 3.96. The van der Waals surface area contributed by atoms with Crippen LogP contribution in [0.25, 0.3) is 0 Å². The van der Waals surface area contributed by atoms with E-state index in [1.165, 1.54) is 25.7 Å². The Morgan fingerprint density at radius 3 is 2.72 bits per heavy atom. The third kappa shape index (κ3) is 3.98. The molecule has 1 amide bonds. The Morgan fingerprint density at radius 2 is 1.97 bits per heavy atom. The van der Waals surface area contributed by atoms with Crippen molar-refractivity contribution in [2.75, 3.05) is 13.7 Å². The molecule has 1 saturated carbocycles. The van der Waals surface area contributed by atoms with Crippen LogP contribution in [0.3, 0.4) is 0 Å². The fourth-order valence-corrected chi connectivity index (χ4v) is 4.82. The molecule has 1 aromatic heterocycles. The van der Waals surface area contributed by atoms with Gasteiger partial charge in [0.05, 0.1) is 18.4 Å². The highest BCUT2D eigenvalue weighted by atomic mass is 16.5. The number of piperidine rings is 1. The molecule has 2 heterocycles. The van der Waals surface area contributed by atoms with Crippen LogP contribution in [0.5, 0.6) is 11.5 Å². The summed E-state index contributed by atoms with van der Waals surface area (Å²) in [6, 6.07) is 5.87. The lowest BCUT2D eigenvalue weighted by Gasteiger charge is -2.44. The first-order chi connectivity index (χ1) is 14.1. The van der Waals surface area contributed by atoms with Crippen LogP contribution in [0, 0.1) is 19.8 Å². The molecule has 2 aromatic rings. The van der Waals surface area contributed by atoms with E-state index in [1.54, 1.807) is 13.2 Å². The minimum Gasteiger partial charge on any atom is -0.493 e. The van der Waals surface area contributed by atoms with Crippen molar-refractivity contribution >= 4 is 5.91 Å². The highest BCUT2D eigenvalue weighted by Crippen LogP contribution is 2.37. The predicted octanol–water partition coefficient (Wildman–Crippen LogP) is 4.67. The van der Waals surface area contributed by atoms with Gasteiger partial charge in [-0.2, -0.15) is 0 Å². The third-order valence-electron chi connectivity index (χ3n) is 6.47. The summed E-state index contributed by atoms with van der Waals surface area (Å²) in [7, 11) is 1.60. The molecule has 0 radical (unpaired) electrons. The SMILES string of the molecule is COc1cc(C(=O)N2CCCC3CCCCC32)ccc1OCc1c(C)noc1C. The molecule has 0 N–H and O–H groups in total. The van der Waals surface area contributed by atoms with E-state index in [-0.39, 0.29) is 5.91 Å². The number of carbonyl (C=O) groups excluding carboxylic acids is 1. The number of fused-ring (bicyclic) bond motifs is 1. The molecule has 2 fully saturated rings. The Morgan fingerprint density at radius 1 is 1.17 bits per heavy atom. The molecule has 1 aromatic carbocycles. The van der Waals surface area contributed by atoms with E-state index < -0.39 is 0 Å². The zero-order valence-electron chi connectivity index (χ0n) is 17.6. The fourth-order valence-electron chi connectivity index (χ4n) is 4.82. The van der Waals surface area contributed by atoms with Gasteiger partial charge in [0.2, 0.25) is 0 Å².